The van der Waals surface area contributed by atoms with E-state index < -0.39 is 17.5 Å². The highest BCUT2D eigenvalue weighted by molar-refractivity contribution is 5.74. The standard InChI is InChI=1S/C18H22N4O5/c1-18(2,3)27-17(25)21-5-4-13-12(8-21)15-14-11(9-26-20-14)6-10(16(23)24)7-22(15)19-13/h9-10H,4-8H2,1-3H3,(H,23,24). The molecule has 0 saturated carbocycles. The quantitative estimate of drug-likeness (QED) is 0.813. The van der Waals surface area contributed by atoms with Crippen LogP contribution in [0.4, 0.5) is 4.79 Å². The summed E-state index contributed by atoms with van der Waals surface area (Å²) in [5, 5.41) is 18.2. The number of carboxylic acid groups (broad SMARTS) is 1. The molecule has 1 atom stereocenters. The van der Waals surface area contributed by atoms with E-state index in [4.69, 9.17) is 9.26 Å². The molecule has 27 heavy (non-hydrogen) atoms. The monoisotopic (exact) mass is 374 g/mol. The van der Waals surface area contributed by atoms with E-state index in [0.717, 1.165) is 22.5 Å². The normalized spacial score (nSPS) is 18.9. The molecular weight excluding hydrogens is 352 g/mol. The molecular formula is C18H22N4O5. The number of ether oxygens (including phenoxy) is 1. The number of aliphatic carboxylic acids is 1. The second-order valence-electron chi connectivity index (χ2n) is 8.04. The highest BCUT2D eigenvalue weighted by atomic mass is 16.6. The average Bonchev–Trinajstić information content (AvgIpc) is 3.12. The van der Waals surface area contributed by atoms with Gasteiger partial charge in [-0.1, -0.05) is 5.16 Å². The van der Waals surface area contributed by atoms with Crippen molar-refractivity contribution in [3.63, 3.8) is 0 Å². The summed E-state index contributed by atoms with van der Waals surface area (Å²) in [5.41, 5.74) is 3.28. The number of carbonyl (C=O) groups is 2. The van der Waals surface area contributed by atoms with Gasteiger partial charge in [-0.3, -0.25) is 9.48 Å². The largest absolute Gasteiger partial charge is 0.481 e. The maximum absolute atomic E-state index is 12.5. The van der Waals surface area contributed by atoms with Crippen molar-refractivity contribution >= 4 is 12.1 Å². The number of aromatic nitrogens is 3. The maximum atomic E-state index is 12.5. The molecule has 1 unspecified atom stereocenters. The van der Waals surface area contributed by atoms with Gasteiger partial charge in [-0.2, -0.15) is 5.10 Å². The summed E-state index contributed by atoms with van der Waals surface area (Å²) < 4.78 is 12.3. The lowest BCUT2D eigenvalue weighted by molar-refractivity contribution is -0.142. The van der Waals surface area contributed by atoms with Crippen molar-refractivity contribution in [2.24, 2.45) is 5.92 Å². The van der Waals surface area contributed by atoms with Gasteiger partial charge in [-0.25, -0.2) is 4.79 Å². The molecule has 0 radical (unpaired) electrons. The van der Waals surface area contributed by atoms with E-state index in [9.17, 15) is 14.7 Å². The molecule has 0 aromatic carbocycles. The second kappa shape index (κ2) is 6.11. The molecule has 0 fully saturated rings. The molecule has 9 nitrogen and oxygen atoms in total. The molecule has 4 heterocycles. The fourth-order valence-corrected chi connectivity index (χ4v) is 3.61. The zero-order valence-electron chi connectivity index (χ0n) is 15.6. The number of carbonyl (C=O) groups excluding carboxylic acids is 1. The van der Waals surface area contributed by atoms with Gasteiger partial charge in [0.05, 0.1) is 30.4 Å². The van der Waals surface area contributed by atoms with Crippen LogP contribution >= 0.6 is 0 Å². The van der Waals surface area contributed by atoms with Crippen LogP contribution in [0.5, 0.6) is 0 Å². The van der Waals surface area contributed by atoms with E-state index in [1.54, 1.807) is 9.58 Å². The molecule has 9 heteroatoms. The lowest BCUT2D eigenvalue weighted by Gasteiger charge is -2.29. The molecule has 0 spiro atoms. The molecule has 0 saturated heterocycles. The molecule has 2 aliphatic heterocycles. The topological polar surface area (TPSA) is 111 Å². The van der Waals surface area contributed by atoms with Crippen molar-refractivity contribution in [2.45, 2.75) is 52.3 Å². The molecule has 1 amide bonds. The van der Waals surface area contributed by atoms with Gasteiger partial charge in [0.2, 0.25) is 0 Å². The Morgan fingerprint density at radius 2 is 2.15 bits per heavy atom. The maximum Gasteiger partial charge on any atom is 0.410 e. The van der Waals surface area contributed by atoms with Crippen LogP contribution in [-0.4, -0.2) is 49.2 Å². The summed E-state index contributed by atoms with van der Waals surface area (Å²) in [6.45, 7) is 6.62. The van der Waals surface area contributed by atoms with Gasteiger partial charge in [0.25, 0.3) is 0 Å². The minimum Gasteiger partial charge on any atom is -0.481 e. The second-order valence-corrected chi connectivity index (χ2v) is 8.04. The van der Waals surface area contributed by atoms with Gasteiger partial charge in [0, 0.05) is 24.1 Å². The van der Waals surface area contributed by atoms with Crippen molar-refractivity contribution in [2.75, 3.05) is 6.54 Å². The summed E-state index contributed by atoms with van der Waals surface area (Å²) in [4.78, 5) is 25.7. The Morgan fingerprint density at radius 1 is 1.37 bits per heavy atom. The Kier molecular flexibility index (Phi) is 3.97. The fraction of sp³-hybridized carbons (Fsp3) is 0.556. The minimum atomic E-state index is -0.876. The van der Waals surface area contributed by atoms with E-state index in [1.165, 1.54) is 6.26 Å². The summed E-state index contributed by atoms with van der Waals surface area (Å²) in [7, 11) is 0. The Bertz CT molecular complexity index is 907. The van der Waals surface area contributed by atoms with Crippen LogP contribution < -0.4 is 0 Å². The van der Waals surface area contributed by atoms with Crippen molar-refractivity contribution in [3.05, 3.63) is 23.1 Å². The lowest BCUT2D eigenvalue weighted by Crippen LogP contribution is -2.39. The average molecular weight is 374 g/mol. The Labute approximate surface area is 155 Å². The first-order chi connectivity index (χ1) is 12.7. The summed E-state index contributed by atoms with van der Waals surface area (Å²) in [6.07, 6.45) is 2.04. The molecule has 4 rings (SSSR count). The van der Waals surface area contributed by atoms with Crippen LogP contribution in [0, 0.1) is 5.92 Å². The molecule has 2 aromatic heterocycles. The summed E-state index contributed by atoms with van der Waals surface area (Å²) >= 11 is 0. The van der Waals surface area contributed by atoms with Crippen LogP contribution in [0.1, 0.15) is 37.6 Å². The summed E-state index contributed by atoms with van der Waals surface area (Å²) in [6, 6.07) is 0. The van der Waals surface area contributed by atoms with Crippen LogP contribution in [0.3, 0.4) is 0 Å². The van der Waals surface area contributed by atoms with Gasteiger partial charge in [0.15, 0.2) is 0 Å². The highest BCUT2D eigenvalue weighted by Crippen LogP contribution is 2.36. The molecule has 1 N–H and O–H groups in total. The number of rotatable bonds is 1. The Morgan fingerprint density at radius 3 is 2.85 bits per heavy atom. The van der Waals surface area contributed by atoms with E-state index >= 15 is 0 Å². The van der Waals surface area contributed by atoms with Gasteiger partial charge in [0.1, 0.15) is 17.6 Å². The number of amides is 1. The lowest BCUT2D eigenvalue weighted by atomic mass is 9.99. The Hall–Kier alpha value is -2.84. The predicted molar refractivity (Wildman–Crippen MR) is 92.9 cm³/mol. The highest BCUT2D eigenvalue weighted by Gasteiger charge is 2.35. The van der Waals surface area contributed by atoms with Gasteiger partial charge in [-0.05, 0) is 27.2 Å². The van der Waals surface area contributed by atoms with Gasteiger partial charge < -0.3 is 19.3 Å². The molecule has 0 aliphatic carbocycles. The third-order valence-electron chi connectivity index (χ3n) is 4.83. The van der Waals surface area contributed by atoms with E-state index in [-0.39, 0.29) is 12.6 Å². The minimum absolute atomic E-state index is 0.264. The number of nitrogens with zero attached hydrogens (tertiary/aromatic N) is 4. The van der Waals surface area contributed by atoms with Crippen molar-refractivity contribution in [3.8, 4) is 11.4 Å². The van der Waals surface area contributed by atoms with Crippen molar-refractivity contribution in [1.29, 1.82) is 0 Å². The molecule has 144 valence electrons. The van der Waals surface area contributed by atoms with Crippen molar-refractivity contribution < 1.29 is 24.0 Å². The molecule has 2 aromatic rings. The van der Waals surface area contributed by atoms with E-state index in [0.29, 0.717) is 31.6 Å². The third kappa shape index (κ3) is 3.17. The zero-order valence-corrected chi connectivity index (χ0v) is 15.6. The first-order valence-electron chi connectivity index (χ1n) is 8.96. The smallest absolute Gasteiger partial charge is 0.410 e. The fourth-order valence-electron chi connectivity index (χ4n) is 3.61. The van der Waals surface area contributed by atoms with Gasteiger partial charge >= 0.3 is 12.1 Å². The van der Waals surface area contributed by atoms with Crippen LogP contribution in [0.2, 0.25) is 0 Å². The third-order valence-corrected chi connectivity index (χ3v) is 4.83. The van der Waals surface area contributed by atoms with Crippen molar-refractivity contribution in [1.82, 2.24) is 19.8 Å². The number of fused-ring (bicyclic) bond motifs is 5. The Balaban J connectivity index is 1.71. The van der Waals surface area contributed by atoms with Crippen LogP contribution in [-0.2, 0) is 35.5 Å². The number of carboxylic acids is 1. The molecule has 2 aliphatic rings. The van der Waals surface area contributed by atoms with Gasteiger partial charge in [-0.15, -0.1) is 0 Å². The zero-order chi connectivity index (χ0) is 19.3. The first kappa shape index (κ1) is 17.6. The molecule has 0 bridgehead atoms. The van der Waals surface area contributed by atoms with Crippen LogP contribution in [0.15, 0.2) is 10.8 Å². The predicted octanol–water partition coefficient (Wildman–Crippen LogP) is 2.09. The first-order valence-corrected chi connectivity index (χ1v) is 8.96. The van der Waals surface area contributed by atoms with E-state index in [2.05, 4.69) is 10.3 Å². The number of hydrogen-bond acceptors (Lipinski definition) is 6. The van der Waals surface area contributed by atoms with Crippen LogP contribution in [0.25, 0.3) is 11.4 Å². The SMILES string of the molecule is CC(C)(C)OC(=O)N1CCc2nn3c(c2C1)-c1nocc1CC(C(=O)O)C3. The van der Waals surface area contributed by atoms with E-state index in [1.807, 2.05) is 20.8 Å². The number of hydrogen-bond donors (Lipinski definition) is 1. The summed E-state index contributed by atoms with van der Waals surface area (Å²) in [5.74, 6) is -1.48.